The summed E-state index contributed by atoms with van der Waals surface area (Å²) in [5.41, 5.74) is 4.82. The number of rotatable bonds is 12. The van der Waals surface area contributed by atoms with Crippen molar-refractivity contribution in [1.29, 1.82) is 0 Å². The highest BCUT2D eigenvalue weighted by Crippen LogP contribution is 2.24. The van der Waals surface area contributed by atoms with Crippen molar-refractivity contribution in [2.24, 2.45) is 0 Å². The molecule has 33 heavy (non-hydrogen) atoms. The van der Waals surface area contributed by atoms with E-state index in [0.717, 1.165) is 42.4 Å². The predicted octanol–water partition coefficient (Wildman–Crippen LogP) is 8.57. The highest BCUT2D eigenvalue weighted by Gasteiger charge is 2.13. The largest absolute Gasteiger partial charge is 0.420 e. The second-order valence-corrected chi connectivity index (χ2v) is 8.70. The summed E-state index contributed by atoms with van der Waals surface area (Å²) in [5, 5.41) is 0. The Bertz CT molecular complexity index is 1010. The molecule has 0 spiro atoms. The summed E-state index contributed by atoms with van der Waals surface area (Å²) in [6.45, 7) is 4.38. The Labute approximate surface area is 197 Å². The lowest BCUT2D eigenvalue weighted by Crippen LogP contribution is -2.09. The summed E-state index contributed by atoms with van der Waals surface area (Å²) < 4.78 is 19.8. The third-order valence-electron chi connectivity index (χ3n) is 5.99. The van der Waals surface area contributed by atoms with Gasteiger partial charge >= 0.3 is 5.97 Å². The van der Waals surface area contributed by atoms with Gasteiger partial charge in [0.2, 0.25) is 0 Å². The summed E-state index contributed by atoms with van der Waals surface area (Å²) in [5.74, 6) is -1.07. The molecular formula is C30H35FO2. The molecule has 3 aromatic rings. The summed E-state index contributed by atoms with van der Waals surface area (Å²) in [7, 11) is 0. The molecule has 0 radical (unpaired) electrons. The van der Waals surface area contributed by atoms with Crippen LogP contribution in [0, 0.1) is 5.82 Å². The van der Waals surface area contributed by atoms with E-state index in [0.29, 0.717) is 5.56 Å². The Balaban J connectivity index is 1.58. The molecule has 0 N–H and O–H groups in total. The number of aryl methyl sites for hydroxylation is 2. The van der Waals surface area contributed by atoms with Crippen molar-refractivity contribution in [3.05, 3.63) is 89.2 Å². The van der Waals surface area contributed by atoms with E-state index in [2.05, 4.69) is 38.1 Å². The van der Waals surface area contributed by atoms with Crippen molar-refractivity contribution < 1.29 is 13.9 Å². The van der Waals surface area contributed by atoms with E-state index in [9.17, 15) is 9.18 Å². The van der Waals surface area contributed by atoms with Gasteiger partial charge in [0.15, 0.2) is 11.6 Å². The molecule has 3 rings (SSSR count). The van der Waals surface area contributed by atoms with Crippen LogP contribution in [0.1, 0.15) is 80.3 Å². The molecule has 0 fully saturated rings. The van der Waals surface area contributed by atoms with E-state index in [1.807, 2.05) is 18.2 Å². The fourth-order valence-corrected chi connectivity index (χ4v) is 3.94. The van der Waals surface area contributed by atoms with E-state index >= 15 is 0 Å². The van der Waals surface area contributed by atoms with Crippen molar-refractivity contribution in [3.8, 4) is 16.9 Å². The van der Waals surface area contributed by atoms with Gasteiger partial charge in [0.05, 0.1) is 5.56 Å². The number of hydrogen-bond donors (Lipinski definition) is 0. The fourth-order valence-electron chi connectivity index (χ4n) is 3.94. The van der Waals surface area contributed by atoms with Crippen molar-refractivity contribution in [2.45, 2.75) is 71.6 Å². The summed E-state index contributed by atoms with van der Waals surface area (Å²) in [6, 6.07) is 20.7. The van der Waals surface area contributed by atoms with Gasteiger partial charge in [-0.1, -0.05) is 88.4 Å². The molecular weight excluding hydrogens is 411 g/mol. The van der Waals surface area contributed by atoms with Crippen LogP contribution < -0.4 is 4.74 Å². The highest BCUT2D eigenvalue weighted by atomic mass is 19.1. The van der Waals surface area contributed by atoms with Gasteiger partial charge in [0.25, 0.3) is 0 Å². The van der Waals surface area contributed by atoms with E-state index in [1.165, 1.54) is 43.7 Å². The van der Waals surface area contributed by atoms with Crippen LogP contribution in [0.2, 0.25) is 0 Å². The molecule has 3 heteroatoms. The maximum atomic E-state index is 14.4. The molecule has 0 heterocycles. The molecule has 0 bridgehead atoms. The Kier molecular flexibility index (Phi) is 9.68. The molecule has 0 aliphatic carbocycles. The van der Waals surface area contributed by atoms with Crippen LogP contribution >= 0.6 is 0 Å². The zero-order chi connectivity index (χ0) is 23.5. The average Bonchev–Trinajstić information content (AvgIpc) is 2.84. The van der Waals surface area contributed by atoms with Crippen LogP contribution in [0.15, 0.2) is 66.7 Å². The van der Waals surface area contributed by atoms with Crippen LogP contribution in [0.3, 0.4) is 0 Å². The molecule has 0 unspecified atom stereocenters. The minimum atomic E-state index is -0.553. The Morgan fingerprint density at radius 1 is 0.697 bits per heavy atom. The molecule has 174 valence electrons. The SMILES string of the molecule is CCCCCCc1ccc(OC(=O)c2ccc(-c3ccc(CCCCC)cc3)cc2)c(F)c1. The number of hydrogen-bond acceptors (Lipinski definition) is 2. The van der Waals surface area contributed by atoms with E-state index in [-0.39, 0.29) is 5.75 Å². The van der Waals surface area contributed by atoms with Crippen LogP contribution in [-0.4, -0.2) is 5.97 Å². The molecule has 0 saturated carbocycles. The molecule has 2 nitrogen and oxygen atoms in total. The molecule has 0 amide bonds. The van der Waals surface area contributed by atoms with Crippen LogP contribution in [0.5, 0.6) is 5.75 Å². The van der Waals surface area contributed by atoms with Gasteiger partial charge in [-0.2, -0.15) is 0 Å². The molecule has 3 aromatic carbocycles. The van der Waals surface area contributed by atoms with Crippen molar-refractivity contribution in [2.75, 3.05) is 0 Å². The number of carbonyl (C=O) groups excluding carboxylic acids is 1. The third kappa shape index (κ3) is 7.56. The first-order chi connectivity index (χ1) is 16.1. The normalized spacial score (nSPS) is 10.9. The number of esters is 1. The highest BCUT2D eigenvalue weighted by molar-refractivity contribution is 5.91. The second-order valence-electron chi connectivity index (χ2n) is 8.70. The van der Waals surface area contributed by atoms with E-state index in [1.54, 1.807) is 18.2 Å². The standard InChI is InChI=1S/C30H35FO2/c1-3-5-7-9-11-24-14-21-29(28(31)22-24)33-30(32)27-19-17-26(18-20-27)25-15-12-23(13-16-25)10-8-6-4-2/h12-22H,3-11H2,1-2H3. The number of ether oxygens (including phenoxy) is 1. The molecule has 0 atom stereocenters. The van der Waals surface area contributed by atoms with Gasteiger partial charge in [-0.3, -0.25) is 0 Å². The zero-order valence-electron chi connectivity index (χ0n) is 19.9. The van der Waals surface area contributed by atoms with Crippen molar-refractivity contribution >= 4 is 5.97 Å². The van der Waals surface area contributed by atoms with Crippen LogP contribution in [-0.2, 0) is 12.8 Å². The van der Waals surface area contributed by atoms with E-state index < -0.39 is 11.8 Å². The van der Waals surface area contributed by atoms with Gasteiger partial charge < -0.3 is 4.74 Å². The summed E-state index contributed by atoms with van der Waals surface area (Å²) in [6.07, 6.45) is 10.2. The molecule has 0 aliphatic rings. The summed E-state index contributed by atoms with van der Waals surface area (Å²) in [4.78, 5) is 12.5. The lowest BCUT2D eigenvalue weighted by atomic mass is 10.0. The smallest absolute Gasteiger partial charge is 0.343 e. The minimum absolute atomic E-state index is 0.0277. The van der Waals surface area contributed by atoms with Crippen molar-refractivity contribution in [1.82, 2.24) is 0 Å². The Morgan fingerprint density at radius 2 is 1.24 bits per heavy atom. The third-order valence-corrected chi connectivity index (χ3v) is 5.99. The fraction of sp³-hybridized carbons (Fsp3) is 0.367. The van der Waals surface area contributed by atoms with Gasteiger partial charge in [0.1, 0.15) is 0 Å². The Morgan fingerprint density at radius 3 is 1.88 bits per heavy atom. The first-order valence-corrected chi connectivity index (χ1v) is 12.3. The maximum absolute atomic E-state index is 14.4. The Hall–Kier alpha value is -2.94. The average molecular weight is 447 g/mol. The second kappa shape index (κ2) is 12.9. The lowest BCUT2D eigenvalue weighted by molar-refractivity contribution is 0.0728. The number of benzene rings is 3. The molecule has 0 aromatic heterocycles. The maximum Gasteiger partial charge on any atom is 0.343 e. The van der Waals surface area contributed by atoms with Gasteiger partial charge in [0, 0.05) is 0 Å². The first-order valence-electron chi connectivity index (χ1n) is 12.3. The van der Waals surface area contributed by atoms with Crippen LogP contribution in [0.4, 0.5) is 4.39 Å². The topological polar surface area (TPSA) is 26.3 Å². The zero-order valence-corrected chi connectivity index (χ0v) is 19.9. The molecule has 0 aliphatic heterocycles. The van der Waals surface area contributed by atoms with Gasteiger partial charge in [-0.15, -0.1) is 0 Å². The number of carbonyl (C=O) groups is 1. The number of unbranched alkanes of at least 4 members (excludes halogenated alkanes) is 5. The number of halogens is 1. The monoisotopic (exact) mass is 446 g/mol. The first kappa shape index (κ1) is 24.7. The van der Waals surface area contributed by atoms with Crippen LogP contribution in [0.25, 0.3) is 11.1 Å². The van der Waals surface area contributed by atoms with Crippen molar-refractivity contribution in [3.63, 3.8) is 0 Å². The van der Waals surface area contributed by atoms with Gasteiger partial charge in [-0.25, -0.2) is 9.18 Å². The minimum Gasteiger partial charge on any atom is -0.420 e. The quantitative estimate of drug-likeness (QED) is 0.158. The predicted molar refractivity (Wildman–Crippen MR) is 134 cm³/mol. The van der Waals surface area contributed by atoms with Gasteiger partial charge in [-0.05, 0) is 72.2 Å². The lowest BCUT2D eigenvalue weighted by Gasteiger charge is -2.09. The van der Waals surface area contributed by atoms with E-state index in [4.69, 9.17) is 4.74 Å². The molecule has 0 saturated heterocycles. The summed E-state index contributed by atoms with van der Waals surface area (Å²) >= 11 is 0.